The van der Waals surface area contributed by atoms with E-state index in [-0.39, 0.29) is 17.0 Å². The first kappa shape index (κ1) is 15.9. The minimum Gasteiger partial charge on any atom is -1.00 e. The fourth-order valence-corrected chi connectivity index (χ4v) is 3.38. The van der Waals surface area contributed by atoms with E-state index < -0.39 is 0 Å². The first-order chi connectivity index (χ1) is 9.83. The van der Waals surface area contributed by atoms with Crippen molar-refractivity contribution in [2.75, 3.05) is 0 Å². The first-order valence-electron chi connectivity index (χ1n) is 6.87. The van der Waals surface area contributed by atoms with Crippen LogP contribution in [0.1, 0.15) is 21.8 Å². The van der Waals surface area contributed by atoms with Crippen molar-refractivity contribution in [2.45, 2.75) is 19.9 Å². The molecule has 21 heavy (non-hydrogen) atoms. The molecule has 0 fully saturated rings. The molecule has 0 saturated carbocycles. The Balaban J connectivity index is 0.00000161. The van der Waals surface area contributed by atoms with Gasteiger partial charge in [-0.3, -0.25) is 0 Å². The Morgan fingerprint density at radius 1 is 0.857 bits per heavy atom. The number of aryl methyl sites for hydroxylation is 1. The summed E-state index contributed by atoms with van der Waals surface area (Å²) in [6.07, 6.45) is 1.01. The molecule has 0 saturated heterocycles. The lowest BCUT2D eigenvalue weighted by Crippen LogP contribution is -3.00. The van der Waals surface area contributed by atoms with Gasteiger partial charge in [0.15, 0.2) is 12.2 Å². The largest absolute Gasteiger partial charge is 1.00 e. The highest BCUT2D eigenvalue weighted by Crippen LogP contribution is 2.14. The van der Waals surface area contributed by atoms with E-state index >= 15 is 0 Å². The summed E-state index contributed by atoms with van der Waals surface area (Å²) in [7, 11) is 0. The van der Waals surface area contributed by atoms with Crippen molar-refractivity contribution in [3.8, 4) is 0 Å². The lowest BCUT2D eigenvalue weighted by atomic mass is 10.1. The van der Waals surface area contributed by atoms with Crippen molar-refractivity contribution in [3.63, 3.8) is 0 Å². The van der Waals surface area contributed by atoms with E-state index in [0.717, 1.165) is 13.0 Å². The van der Waals surface area contributed by atoms with Crippen LogP contribution in [0.4, 0.5) is 0 Å². The number of hydrogen-bond acceptors (Lipinski definition) is 1. The Morgan fingerprint density at radius 2 is 1.43 bits per heavy atom. The maximum atomic E-state index is 2.42. The van der Waals surface area contributed by atoms with Crippen LogP contribution in [0.15, 0.2) is 66.0 Å². The maximum Gasteiger partial charge on any atom is 0.242 e. The predicted octanol–water partition coefficient (Wildman–Crippen LogP) is 0.987. The van der Waals surface area contributed by atoms with Gasteiger partial charge in [0.05, 0.1) is 11.8 Å². The second-order valence-electron chi connectivity index (χ2n) is 5.00. The van der Waals surface area contributed by atoms with Crippen LogP contribution in [-0.4, -0.2) is 0 Å². The normalized spacial score (nSPS) is 10.1. The third-order valence-electron chi connectivity index (χ3n) is 3.47. The molecule has 1 heterocycles. The second-order valence-corrected chi connectivity index (χ2v) is 5.95. The molecule has 0 spiro atoms. The summed E-state index contributed by atoms with van der Waals surface area (Å²) >= 11 is 1.85. The molecule has 0 amide bonds. The van der Waals surface area contributed by atoms with Crippen LogP contribution in [-0.2, 0) is 13.0 Å². The molecule has 0 N–H and O–H groups in total. The third kappa shape index (κ3) is 4.02. The lowest BCUT2D eigenvalue weighted by molar-refractivity contribution is -0.696. The Kier molecular flexibility index (Phi) is 5.71. The van der Waals surface area contributed by atoms with Gasteiger partial charge in [-0.25, -0.2) is 0 Å². The molecule has 0 aliphatic carbocycles. The van der Waals surface area contributed by atoms with Crippen LogP contribution in [0.3, 0.4) is 0 Å². The van der Waals surface area contributed by atoms with Gasteiger partial charge in [0.1, 0.15) is 0 Å². The highest BCUT2D eigenvalue weighted by molar-refractivity contribution is 7.09. The summed E-state index contributed by atoms with van der Waals surface area (Å²) in [6.45, 7) is 3.15. The molecule has 0 bridgehead atoms. The van der Waals surface area contributed by atoms with E-state index in [2.05, 4.69) is 77.5 Å². The standard InChI is InChI=1S/C18H18NS.BrH/c1-15-14-20-18(12-16-8-4-2-5-9-16)19(15)13-17-10-6-3-7-11-17;/h2-11,14H,12-13H2,1H3;1H/q+1;/p-1. The highest BCUT2D eigenvalue weighted by atomic mass is 79.9. The van der Waals surface area contributed by atoms with Crippen molar-refractivity contribution < 1.29 is 21.5 Å². The molecule has 1 nitrogen and oxygen atoms in total. The van der Waals surface area contributed by atoms with Crippen molar-refractivity contribution in [2.24, 2.45) is 0 Å². The molecule has 0 aliphatic heterocycles. The lowest BCUT2D eigenvalue weighted by Gasteiger charge is -2.01. The molecule has 108 valence electrons. The van der Waals surface area contributed by atoms with Crippen LogP contribution < -0.4 is 21.5 Å². The fraction of sp³-hybridized carbons (Fsp3) is 0.167. The van der Waals surface area contributed by atoms with Crippen molar-refractivity contribution >= 4 is 11.3 Å². The van der Waals surface area contributed by atoms with E-state index in [1.807, 2.05) is 11.3 Å². The Bertz CT molecular complexity index is 677. The van der Waals surface area contributed by atoms with E-state index in [1.54, 1.807) is 0 Å². The summed E-state index contributed by atoms with van der Waals surface area (Å²) in [5.41, 5.74) is 4.06. The van der Waals surface area contributed by atoms with E-state index in [1.165, 1.54) is 21.8 Å². The zero-order valence-electron chi connectivity index (χ0n) is 12.0. The maximum absolute atomic E-state index is 2.42. The summed E-state index contributed by atoms with van der Waals surface area (Å²) in [5.74, 6) is 0. The van der Waals surface area contributed by atoms with Crippen molar-refractivity contribution in [1.82, 2.24) is 0 Å². The summed E-state index contributed by atoms with van der Waals surface area (Å²) in [5, 5.41) is 3.67. The topological polar surface area (TPSA) is 3.88 Å². The van der Waals surface area contributed by atoms with Gasteiger partial charge < -0.3 is 17.0 Å². The van der Waals surface area contributed by atoms with Gasteiger partial charge in [0, 0.05) is 12.5 Å². The molecule has 2 aromatic carbocycles. The van der Waals surface area contributed by atoms with Gasteiger partial charge in [-0.2, -0.15) is 4.57 Å². The van der Waals surface area contributed by atoms with Crippen molar-refractivity contribution in [1.29, 1.82) is 0 Å². The van der Waals surface area contributed by atoms with Gasteiger partial charge in [0.2, 0.25) is 5.01 Å². The van der Waals surface area contributed by atoms with Gasteiger partial charge in [-0.05, 0) is 5.56 Å². The molecule has 3 rings (SSSR count). The molecule has 0 atom stereocenters. The van der Waals surface area contributed by atoms with E-state index in [0.29, 0.717) is 0 Å². The minimum atomic E-state index is 0. The zero-order chi connectivity index (χ0) is 13.8. The SMILES string of the molecule is Cc1csc(Cc2ccccc2)[n+]1Cc1ccccc1.[Br-]. The monoisotopic (exact) mass is 359 g/mol. The number of benzene rings is 2. The highest BCUT2D eigenvalue weighted by Gasteiger charge is 2.17. The summed E-state index contributed by atoms with van der Waals surface area (Å²) in [6, 6.07) is 21.3. The van der Waals surface area contributed by atoms with Crippen LogP contribution >= 0.6 is 11.3 Å². The molecule has 3 heteroatoms. The van der Waals surface area contributed by atoms with Gasteiger partial charge in [-0.1, -0.05) is 72.0 Å². The molecule has 0 aliphatic rings. The van der Waals surface area contributed by atoms with Crippen LogP contribution in [0, 0.1) is 6.92 Å². The van der Waals surface area contributed by atoms with E-state index in [4.69, 9.17) is 0 Å². The predicted molar refractivity (Wildman–Crippen MR) is 84.0 cm³/mol. The average molecular weight is 360 g/mol. The van der Waals surface area contributed by atoms with Crippen LogP contribution in [0.5, 0.6) is 0 Å². The fourth-order valence-electron chi connectivity index (χ4n) is 2.36. The van der Waals surface area contributed by atoms with Gasteiger partial charge in [0.25, 0.3) is 0 Å². The molecule has 1 aromatic heterocycles. The molecule has 0 radical (unpaired) electrons. The minimum absolute atomic E-state index is 0. The molecular weight excluding hydrogens is 342 g/mol. The number of rotatable bonds is 4. The van der Waals surface area contributed by atoms with Crippen LogP contribution in [0.25, 0.3) is 0 Å². The Morgan fingerprint density at radius 3 is 2.05 bits per heavy atom. The molecule has 0 unspecified atom stereocenters. The second kappa shape index (κ2) is 7.53. The van der Waals surface area contributed by atoms with Gasteiger partial charge in [-0.15, -0.1) is 0 Å². The molecular formula is C18H18BrNS. The van der Waals surface area contributed by atoms with Crippen LogP contribution in [0.2, 0.25) is 0 Å². The smallest absolute Gasteiger partial charge is 0.242 e. The number of hydrogen-bond donors (Lipinski definition) is 0. The number of aromatic nitrogens is 1. The Labute approximate surface area is 140 Å². The van der Waals surface area contributed by atoms with Crippen molar-refractivity contribution in [3.05, 3.63) is 87.9 Å². The average Bonchev–Trinajstić information content (AvgIpc) is 2.83. The number of nitrogens with zero attached hydrogens (tertiary/aromatic N) is 1. The zero-order valence-corrected chi connectivity index (χ0v) is 14.4. The summed E-state index contributed by atoms with van der Waals surface area (Å²) in [4.78, 5) is 0. The first-order valence-corrected chi connectivity index (χ1v) is 7.75. The third-order valence-corrected chi connectivity index (χ3v) is 4.57. The Hall–Kier alpha value is -1.45. The molecule has 3 aromatic rings. The quantitative estimate of drug-likeness (QED) is 0.611. The van der Waals surface area contributed by atoms with E-state index in [9.17, 15) is 0 Å². The number of halogens is 1. The van der Waals surface area contributed by atoms with Gasteiger partial charge >= 0.3 is 0 Å². The number of thiazole rings is 1. The summed E-state index contributed by atoms with van der Waals surface area (Å²) < 4.78 is 2.42.